The van der Waals surface area contributed by atoms with Gasteiger partial charge < -0.3 is 20.1 Å². The maximum absolute atomic E-state index is 14.5. The summed E-state index contributed by atoms with van der Waals surface area (Å²) >= 11 is 0. The third-order valence-electron chi connectivity index (χ3n) is 6.82. The van der Waals surface area contributed by atoms with Crippen molar-refractivity contribution in [3.05, 3.63) is 59.4 Å². The Bertz CT molecular complexity index is 1170. The Hall–Kier alpha value is -2.84. The number of amides is 1. The summed E-state index contributed by atoms with van der Waals surface area (Å²) < 4.78 is 47.6. The molecule has 3 aromatic rings. The van der Waals surface area contributed by atoms with Crippen LogP contribution in [-0.2, 0) is 9.53 Å². The summed E-state index contributed by atoms with van der Waals surface area (Å²) in [6, 6.07) is 7.99. The summed E-state index contributed by atoms with van der Waals surface area (Å²) in [5.74, 6) is -2.07. The Morgan fingerprint density at radius 1 is 1.06 bits per heavy atom. The van der Waals surface area contributed by atoms with Gasteiger partial charge in [0, 0.05) is 23.9 Å². The van der Waals surface area contributed by atoms with Crippen molar-refractivity contribution in [1.82, 2.24) is 10.3 Å². The lowest BCUT2D eigenvalue weighted by molar-refractivity contribution is -0.128. The van der Waals surface area contributed by atoms with Crippen molar-refractivity contribution < 1.29 is 27.8 Å². The van der Waals surface area contributed by atoms with Crippen LogP contribution in [0.25, 0.3) is 22.2 Å². The van der Waals surface area contributed by atoms with Crippen molar-refractivity contribution in [2.75, 3.05) is 13.2 Å². The van der Waals surface area contributed by atoms with Gasteiger partial charge in [0.05, 0.1) is 30.0 Å². The molecule has 2 fully saturated rings. The number of aliphatic hydroxyl groups excluding tert-OH is 1. The molecule has 0 radical (unpaired) electrons. The average Bonchev–Trinajstić information content (AvgIpc) is 3.37. The minimum absolute atomic E-state index is 0.0169. The summed E-state index contributed by atoms with van der Waals surface area (Å²) in [5, 5.41) is 12.5. The van der Waals surface area contributed by atoms with Crippen LogP contribution in [-0.4, -0.2) is 41.4 Å². The van der Waals surface area contributed by atoms with E-state index in [1.54, 1.807) is 12.1 Å². The van der Waals surface area contributed by atoms with Crippen LogP contribution in [0.3, 0.4) is 0 Å². The number of hydrogen-bond acceptors (Lipinski definition) is 3. The second kappa shape index (κ2) is 8.83. The van der Waals surface area contributed by atoms with Crippen LogP contribution in [0.1, 0.15) is 37.2 Å². The second-order valence-corrected chi connectivity index (χ2v) is 8.98. The van der Waals surface area contributed by atoms with Crippen LogP contribution in [0, 0.1) is 23.4 Å². The minimum Gasteiger partial charge on any atom is -0.394 e. The van der Waals surface area contributed by atoms with Gasteiger partial charge in [-0.25, -0.2) is 13.2 Å². The van der Waals surface area contributed by atoms with Crippen LogP contribution < -0.4 is 5.32 Å². The summed E-state index contributed by atoms with van der Waals surface area (Å²) in [5.41, 5.74) is 2.25. The largest absolute Gasteiger partial charge is 0.394 e. The van der Waals surface area contributed by atoms with Gasteiger partial charge in [-0.15, -0.1) is 0 Å². The zero-order valence-electron chi connectivity index (χ0n) is 17.9. The molecule has 2 aromatic carbocycles. The molecule has 1 saturated carbocycles. The fourth-order valence-corrected chi connectivity index (χ4v) is 5.00. The van der Waals surface area contributed by atoms with Gasteiger partial charge in [-0.1, -0.05) is 0 Å². The van der Waals surface area contributed by atoms with E-state index in [1.807, 2.05) is 0 Å². The number of halogens is 3. The van der Waals surface area contributed by atoms with Gasteiger partial charge in [-0.05, 0) is 73.1 Å². The van der Waals surface area contributed by atoms with Crippen molar-refractivity contribution >= 4 is 16.8 Å². The molecule has 5 nitrogen and oxygen atoms in total. The average molecular weight is 458 g/mol. The maximum Gasteiger partial charge on any atom is 0.223 e. The van der Waals surface area contributed by atoms with E-state index in [0.29, 0.717) is 36.0 Å². The Morgan fingerprint density at radius 3 is 2.48 bits per heavy atom. The zero-order chi connectivity index (χ0) is 23.1. The number of nitrogens with one attached hydrogen (secondary N) is 2. The van der Waals surface area contributed by atoms with Gasteiger partial charge in [0.1, 0.15) is 17.5 Å². The van der Waals surface area contributed by atoms with E-state index in [-0.39, 0.29) is 47.9 Å². The molecular weight excluding hydrogens is 433 g/mol. The number of benzene rings is 2. The molecule has 2 aliphatic rings. The predicted octanol–water partition coefficient (Wildman–Crippen LogP) is 4.40. The lowest BCUT2D eigenvalue weighted by Crippen LogP contribution is -2.41. The number of aromatic nitrogens is 1. The fraction of sp³-hybridized carbons (Fsp3) is 0.400. The molecule has 2 atom stereocenters. The highest BCUT2D eigenvalue weighted by Gasteiger charge is 2.39. The number of hydrogen-bond donors (Lipinski definition) is 3. The van der Waals surface area contributed by atoms with E-state index >= 15 is 0 Å². The van der Waals surface area contributed by atoms with Crippen molar-refractivity contribution in [2.24, 2.45) is 5.92 Å². The Kier molecular flexibility index (Phi) is 5.88. The highest BCUT2D eigenvalue weighted by atomic mass is 19.1. The molecule has 8 heteroatoms. The van der Waals surface area contributed by atoms with Crippen LogP contribution in [0.15, 0.2) is 36.4 Å². The standard InChI is InChI=1S/C25H25F3N2O3/c26-16-3-1-13(2-4-16)23-22(20-9-17(27)10-21(28)24(20)30-23)14-7-15(8-14)25(32)29-11-18-5-6-19(12-31)33-18/h1-4,9-10,14-15,18-19,30-31H,5-8,11-12H2,(H,29,32)/t14-,15-,18-,19+/m1/s1. The number of rotatable bonds is 6. The van der Waals surface area contributed by atoms with Crippen molar-refractivity contribution in [3.8, 4) is 11.3 Å². The van der Waals surface area contributed by atoms with E-state index in [0.717, 1.165) is 24.5 Å². The van der Waals surface area contributed by atoms with Crippen molar-refractivity contribution in [1.29, 1.82) is 0 Å². The third kappa shape index (κ3) is 4.25. The van der Waals surface area contributed by atoms with E-state index in [4.69, 9.17) is 9.84 Å². The van der Waals surface area contributed by atoms with Gasteiger partial charge in [-0.2, -0.15) is 0 Å². The van der Waals surface area contributed by atoms with Crippen LogP contribution in [0.2, 0.25) is 0 Å². The summed E-state index contributed by atoms with van der Waals surface area (Å²) in [4.78, 5) is 15.7. The number of H-pyrrole nitrogens is 1. The second-order valence-electron chi connectivity index (χ2n) is 8.98. The van der Waals surface area contributed by atoms with Gasteiger partial charge in [0.2, 0.25) is 5.91 Å². The lowest BCUT2D eigenvalue weighted by Gasteiger charge is -2.35. The highest BCUT2D eigenvalue weighted by Crippen LogP contribution is 2.48. The Balaban J connectivity index is 1.34. The van der Waals surface area contributed by atoms with Gasteiger partial charge in [-0.3, -0.25) is 4.79 Å². The number of ether oxygens (including phenoxy) is 1. The SMILES string of the molecule is O=C(NC[C@H]1CC[C@@H](CO)O1)[C@H]1C[C@H](c2c(-c3ccc(F)cc3)[nH]c3c(F)cc(F)cc32)C1. The molecule has 1 aliphatic carbocycles. The smallest absolute Gasteiger partial charge is 0.223 e. The van der Waals surface area contributed by atoms with Crippen LogP contribution >= 0.6 is 0 Å². The molecule has 2 heterocycles. The molecule has 0 bridgehead atoms. The van der Waals surface area contributed by atoms with E-state index in [9.17, 15) is 18.0 Å². The van der Waals surface area contributed by atoms with Crippen molar-refractivity contribution in [2.45, 2.75) is 43.8 Å². The minimum atomic E-state index is -0.689. The molecule has 1 aliphatic heterocycles. The van der Waals surface area contributed by atoms with Crippen LogP contribution in [0.5, 0.6) is 0 Å². The molecule has 1 amide bonds. The third-order valence-corrected chi connectivity index (χ3v) is 6.82. The van der Waals surface area contributed by atoms with E-state index in [2.05, 4.69) is 10.3 Å². The molecule has 3 N–H and O–H groups in total. The summed E-state index contributed by atoms with van der Waals surface area (Å²) in [6.07, 6.45) is 2.43. The molecular formula is C25H25F3N2O3. The van der Waals surface area contributed by atoms with Crippen molar-refractivity contribution in [3.63, 3.8) is 0 Å². The maximum atomic E-state index is 14.5. The molecule has 1 saturated heterocycles. The van der Waals surface area contributed by atoms with Gasteiger partial charge >= 0.3 is 0 Å². The Labute approximate surface area is 188 Å². The monoisotopic (exact) mass is 458 g/mol. The first-order chi connectivity index (χ1) is 15.9. The molecule has 174 valence electrons. The quantitative estimate of drug-likeness (QED) is 0.513. The van der Waals surface area contributed by atoms with E-state index < -0.39 is 11.6 Å². The van der Waals surface area contributed by atoms with Crippen LogP contribution in [0.4, 0.5) is 13.2 Å². The molecule has 0 unspecified atom stereocenters. The number of carbonyl (C=O) groups is 1. The zero-order valence-corrected chi connectivity index (χ0v) is 17.9. The first-order valence-corrected chi connectivity index (χ1v) is 11.2. The predicted molar refractivity (Wildman–Crippen MR) is 117 cm³/mol. The highest BCUT2D eigenvalue weighted by molar-refractivity contribution is 5.92. The first kappa shape index (κ1) is 22.0. The number of aliphatic hydroxyl groups is 1. The molecule has 1 aromatic heterocycles. The fourth-order valence-electron chi connectivity index (χ4n) is 5.00. The lowest BCUT2D eigenvalue weighted by atomic mass is 9.70. The Morgan fingerprint density at radius 2 is 1.79 bits per heavy atom. The molecule has 5 rings (SSSR count). The normalized spacial score (nSPS) is 24.7. The number of fused-ring (bicyclic) bond motifs is 1. The topological polar surface area (TPSA) is 74.3 Å². The van der Waals surface area contributed by atoms with E-state index in [1.165, 1.54) is 18.2 Å². The number of aromatic amines is 1. The van der Waals surface area contributed by atoms with Gasteiger partial charge in [0.25, 0.3) is 0 Å². The number of carbonyl (C=O) groups excluding carboxylic acids is 1. The molecule has 33 heavy (non-hydrogen) atoms. The summed E-state index contributed by atoms with van der Waals surface area (Å²) in [7, 11) is 0. The first-order valence-electron chi connectivity index (χ1n) is 11.2. The van der Waals surface area contributed by atoms with Gasteiger partial charge in [0.15, 0.2) is 0 Å². The molecule has 0 spiro atoms. The summed E-state index contributed by atoms with van der Waals surface area (Å²) in [6.45, 7) is 0.387.